The highest BCUT2D eigenvalue weighted by Crippen LogP contribution is 2.49. The van der Waals surface area contributed by atoms with Crippen molar-refractivity contribution in [2.75, 3.05) is 18.5 Å². The summed E-state index contributed by atoms with van der Waals surface area (Å²) < 4.78 is 20.3. The van der Waals surface area contributed by atoms with Crippen LogP contribution in [0, 0.1) is 24.6 Å². The second-order valence-corrected chi connectivity index (χ2v) is 10.3. The highest BCUT2D eigenvalue weighted by Gasteiger charge is 2.49. The topological polar surface area (TPSA) is 82.0 Å². The number of benzene rings is 2. The Morgan fingerprint density at radius 3 is 2.51 bits per heavy atom. The quantitative estimate of drug-likeness (QED) is 0.550. The van der Waals surface area contributed by atoms with Crippen LogP contribution in [0.4, 0.5) is 10.1 Å². The number of hydrogen-bond donors (Lipinski definition) is 3. The van der Waals surface area contributed by atoms with Gasteiger partial charge in [0.1, 0.15) is 5.82 Å². The Bertz CT molecular complexity index is 1020. The van der Waals surface area contributed by atoms with Gasteiger partial charge in [-0.3, -0.25) is 4.79 Å². The molecule has 35 heavy (non-hydrogen) atoms. The molecule has 2 aliphatic heterocycles. The molecule has 5 rings (SSSR count). The number of anilines is 1. The number of hydrogen-bond acceptors (Lipinski definition) is 5. The van der Waals surface area contributed by atoms with Gasteiger partial charge in [0.25, 0.3) is 5.91 Å². The fourth-order valence-corrected chi connectivity index (χ4v) is 6.40. The molecule has 1 saturated carbocycles. The van der Waals surface area contributed by atoms with Gasteiger partial charge in [-0.1, -0.05) is 30.7 Å². The van der Waals surface area contributed by atoms with Crippen LogP contribution in [0.2, 0.25) is 0 Å². The lowest BCUT2D eigenvalue weighted by Crippen LogP contribution is -2.54. The minimum Gasteiger partial charge on any atom is -0.382 e. The molecular formula is C28H35FN2O4. The molecular weight excluding hydrogens is 447 g/mol. The van der Waals surface area contributed by atoms with Gasteiger partial charge >= 0.3 is 0 Å². The number of amides is 1. The molecule has 0 aromatic heterocycles. The molecule has 2 aromatic carbocycles. The smallest absolute Gasteiger partial charge is 0.257 e. The average molecular weight is 483 g/mol. The molecule has 2 heterocycles. The maximum absolute atomic E-state index is 14.9. The molecule has 0 spiro atoms. The van der Waals surface area contributed by atoms with Gasteiger partial charge < -0.3 is 25.2 Å². The minimum atomic E-state index is -1.57. The van der Waals surface area contributed by atoms with Crippen LogP contribution in [0.1, 0.15) is 66.1 Å². The third-order valence-corrected chi connectivity index (χ3v) is 8.15. The van der Waals surface area contributed by atoms with Gasteiger partial charge in [-0.25, -0.2) is 4.39 Å². The van der Waals surface area contributed by atoms with E-state index in [1.54, 1.807) is 24.0 Å². The predicted molar refractivity (Wildman–Crippen MR) is 131 cm³/mol. The van der Waals surface area contributed by atoms with Gasteiger partial charge in [-0.15, -0.1) is 0 Å². The van der Waals surface area contributed by atoms with Crippen molar-refractivity contribution >= 4 is 11.6 Å². The van der Waals surface area contributed by atoms with Crippen LogP contribution >= 0.6 is 0 Å². The third kappa shape index (κ3) is 4.82. The van der Waals surface area contributed by atoms with Crippen molar-refractivity contribution in [3.63, 3.8) is 0 Å². The second kappa shape index (κ2) is 10.2. The summed E-state index contributed by atoms with van der Waals surface area (Å²) in [5.41, 5.74) is 2.49. The van der Waals surface area contributed by atoms with Crippen molar-refractivity contribution in [2.24, 2.45) is 11.8 Å². The van der Waals surface area contributed by atoms with Crippen molar-refractivity contribution in [1.29, 1.82) is 0 Å². The Morgan fingerprint density at radius 1 is 1.09 bits per heavy atom. The molecule has 1 amide bonds. The highest BCUT2D eigenvalue weighted by atomic mass is 19.1. The van der Waals surface area contributed by atoms with Crippen LogP contribution in [0.3, 0.4) is 0 Å². The van der Waals surface area contributed by atoms with Crippen LogP contribution in [-0.2, 0) is 4.74 Å². The Kier molecular flexibility index (Phi) is 7.09. The molecule has 2 saturated heterocycles. The summed E-state index contributed by atoms with van der Waals surface area (Å²) >= 11 is 0. The number of nitrogens with zero attached hydrogens (tertiary/aromatic N) is 1. The third-order valence-electron chi connectivity index (χ3n) is 8.15. The molecule has 3 aliphatic rings. The Morgan fingerprint density at radius 2 is 1.83 bits per heavy atom. The fraction of sp³-hybridized carbons (Fsp3) is 0.536. The number of halogens is 1. The first-order valence-electron chi connectivity index (χ1n) is 12.8. The standard InChI is InChI=1S/C28H35FN2O4/c1-17-4-2-6-23(29)25(17)27(32)31-24-7-3-5-19(24)16-22(28(33)34)26(31)18-8-10-20(11-9-18)30-21-12-14-35-15-13-21/h2,4,6,8-11,19,21-22,24,26,28,30,33-34H,3,5,7,12-16H2,1H3. The van der Waals surface area contributed by atoms with Crippen molar-refractivity contribution in [1.82, 2.24) is 4.90 Å². The first-order chi connectivity index (χ1) is 16.9. The number of rotatable bonds is 5. The SMILES string of the molecule is Cc1cccc(F)c1C(=O)N1C2CCCC2CC(C(O)O)C1c1ccc(NC2CCOCC2)cc1. The fourth-order valence-electron chi connectivity index (χ4n) is 6.40. The molecule has 1 aliphatic carbocycles. The summed E-state index contributed by atoms with van der Waals surface area (Å²) in [4.78, 5) is 15.7. The van der Waals surface area contributed by atoms with E-state index >= 15 is 0 Å². The van der Waals surface area contributed by atoms with Crippen molar-refractivity contribution < 1.29 is 24.1 Å². The lowest BCUT2D eigenvalue weighted by molar-refractivity contribution is -0.131. The summed E-state index contributed by atoms with van der Waals surface area (Å²) in [5, 5.41) is 24.3. The molecule has 4 atom stereocenters. The Balaban J connectivity index is 1.50. The number of aryl methyl sites for hydroxylation is 1. The lowest BCUT2D eigenvalue weighted by Gasteiger charge is -2.49. The number of piperidine rings is 1. The van der Waals surface area contributed by atoms with Gasteiger partial charge in [-0.05, 0) is 74.3 Å². The van der Waals surface area contributed by atoms with Gasteiger partial charge in [0.2, 0.25) is 0 Å². The number of aliphatic hydroxyl groups is 2. The van der Waals surface area contributed by atoms with Crippen molar-refractivity contribution in [3.8, 4) is 0 Å². The minimum absolute atomic E-state index is 0.0402. The zero-order valence-corrected chi connectivity index (χ0v) is 20.2. The van der Waals surface area contributed by atoms with Gasteiger partial charge in [0.05, 0.1) is 11.6 Å². The van der Waals surface area contributed by atoms with E-state index in [1.807, 2.05) is 24.3 Å². The van der Waals surface area contributed by atoms with Gasteiger partial charge in [-0.2, -0.15) is 0 Å². The van der Waals surface area contributed by atoms with Crippen LogP contribution in [0.5, 0.6) is 0 Å². The molecule has 6 nitrogen and oxygen atoms in total. The summed E-state index contributed by atoms with van der Waals surface area (Å²) in [5.74, 6) is -1.26. The normalized spacial score (nSPS) is 27.2. The number of likely N-dealkylation sites (tertiary alicyclic amines) is 1. The van der Waals surface area contributed by atoms with E-state index in [0.29, 0.717) is 18.0 Å². The first kappa shape index (κ1) is 24.2. The van der Waals surface area contributed by atoms with E-state index in [0.717, 1.165) is 56.6 Å². The maximum Gasteiger partial charge on any atom is 0.257 e. The van der Waals surface area contributed by atoms with Crippen molar-refractivity contribution in [3.05, 3.63) is 65.0 Å². The lowest BCUT2D eigenvalue weighted by atomic mass is 9.76. The number of carbonyl (C=O) groups excluding carboxylic acids is 1. The first-order valence-corrected chi connectivity index (χ1v) is 12.8. The number of carbonyl (C=O) groups is 1. The van der Waals surface area contributed by atoms with Crippen LogP contribution in [-0.4, -0.2) is 52.6 Å². The number of aliphatic hydroxyl groups excluding tert-OH is 1. The number of ether oxygens (including phenoxy) is 1. The molecule has 0 bridgehead atoms. The van der Waals surface area contributed by atoms with E-state index in [9.17, 15) is 19.4 Å². The zero-order valence-electron chi connectivity index (χ0n) is 20.2. The molecule has 2 aromatic rings. The molecule has 3 fully saturated rings. The zero-order chi connectivity index (χ0) is 24.5. The molecule has 188 valence electrons. The van der Waals surface area contributed by atoms with Crippen LogP contribution < -0.4 is 5.32 Å². The summed E-state index contributed by atoms with van der Waals surface area (Å²) in [6, 6.07) is 12.4. The van der Waals surface area contributed by atoms with E-state index < -0.39 is 24.1 Å². The monoisotopic (exact) mass is 482 g/mol. The molecule has 7 heteroatoms. The Labute approximate surface area is 206 Å². The van der Waals surface area contributed by atoms with E-state index in [1.165, 1.54) is 6.07 Å². The van der Waals surface area contributed by atoms with E-state index in [4.69, 9.17) is 4.74 Å². The van der Waals surface area contributed by atoms with Gasteiger partial charge in [0, 0.05) is 36.9 Å². The van der Waals surface area contributed by atoms with E-state index in [-0.39, 0.29) is 23.4 Å². The summed E-state index contributed by atoms with van der Waals surface area (Å²) in [6.07, 6.45) is 3.73. The number of nitrogens with one attached hydrogen (secondary N) is 1. The summed E-state index contributed by atoms with van der Waals surface area (Å²) in [7, 11) is 0. The van der Waals surface area contributed by atoms with Crippen molar-refractivity contribution in [2.45, 2.75) is 69.9 Å². The molecule has 4 unspecified atom stereocenters. The van der Waals surface area contributed by atoms with Gasteiger partial charge in [0.15, 0.2) is 6.29 Å². The van der Waals surface area contributed by atoms with Crippen LogP contribution in [0.25, 0.3) is 0 Å². The van der Waals surface area contributed by atoms with E-state index in [2.05, 4.69) is 5.32 Å². The Hall–Kier alpha value is -2.48. The summed E-state index contributed by atoms with van der Waals surface area (Å²) in [6.45, 7) is 3.25. The average Bonchev–Trinajstić information content (AvgIpc) is 3.32. The van der Waals surface area contributed by atoms with Crippen LogP contribution in [0.15, 0.2) is 42.5 Å². The molecule has 3 N–H and O–H groups in total. The number of fused-ring (bicyclic) bond motifs is 1. The second-order valence-electron chi connectivity index (χ2n) is 10.3. The molecule has 0 radical (unpaired) electrons. The highest BCUT2D eigenvalue weighted by molar-refractivity contribution is 5.96. The largest absolute Gasteiger partial charge is 0.382 e. The predicted octanol–water partition coefficient (Wildman–Crippen LogP) is 4.41. The maximum atomic E-state index is 14.9.